The van der Waals surface area contributed by atoms with Crippen molar-refractivity contribution in [1.29, 1.82) is 0 Å². The number of nitrogens with zero attached hydrogens (tertiary/aromatic N) is 3. The number of hydrogen-bond donors (Lipinski definition) is 2. The van der Waals surface area contributed by atoms with Gasteiger partial charge in [0, 0.05) is 0 Å². The second-order valence-electron chi connectivity index (χ2n) is 4.19. The number of hydrogen-bond acceptors (Lipinski definition) is 5. The molecule has 8 nitrogen and oxygen atoms in total. The van der Waals surface area contributed by atoms with Gasteiger partial charge in [0.15, 0.2) is 0 Å². The van der Waals surface area contributed by atoms with Gasteiger partial charge in [-0.25, -0.2) is 4.68 Å². The number of aromatic nitrogens is 3. The molecule has 1 aromatic heterocycles. The van der Waals surface area contributed by atoms with Gasteiger partial charge in [0.2, 0.25) is 5.91 Å². The molecule has 1 amide bonds. The first-order chi connectivity index (χ1) is 8.66. The van der Waals surface area contributed by atoms with Crippen LogP contribution in [0.4, 0.5) is 0 Å². The minimum Gasteiger partial charge on any atom is -0.481 e. The van der Waals surface area contributed by atoms with Crippen LogP contribution < -0.4 is 5.43 Å². The summed E-state index contributed by atoms with van der Waals surface area (Å²) >= 11 is 0. The molecule has 2 bridgehead atoms. The number of rotatable bonds is 3. The third-order valence-corrected chi connectivity index (χ3v) is 3.15. The Labute approximate surface area is 101 Å². The second-order valence-corrected chi connectivity index (χ2v) is 4.19. The van der Waals surface area contributed by atoms with Crippen molar-refractivity contribution in [3.63, 3.8) is 0 Å². The average Bonchev–Trinajstić information content (AvgIpc) is 3.03. The van der Waals surface area contributed by atoms with Gasteiger partial charge in [-0.05, 0) is 0 Å². The monoisotopic (exact) mass is 250 g/mol. The van der Waals surface area contributed by atoms with E-state index in [0.717, 1.165) is 0 Å². The summed E-state index contributed by atoms with van der Waals surface area (Å²) in [5, 5.41) is 16.2. The molecule has 3 rings (SSSR count). The lowest BCUT2D eigenvalue weighted by Crippen LogP contribution is -2.41. The normalized spacial score (nSPS) is 32.7. The molecule has 1 aromatic rings. The molecule has 2 aliphatic rings. The molecule has 4 unspecified atom stereocenters. The highest BCUT2D eigenvalue weighted by Gasteiger charge is 2.53. The van der Waals surface area contributed by atoms with E-state index in [4.69, 9.17) is 9.84 Å². The van der Waals surface area contributed by atoms with Gasteiger partial charge in [-0.1, -0.05) is 12.2 Å². The molecule has 0 saturated carbocycles. The molecule has 8 heteroatoms. The van der Waals surface area contributed by atoms with Crippen LogP contribution in [0, 0.1) is 11.8 Å². The molecule has 1 fully saturated rings. The van der Waals surface area contributed by atoms with Gasteiger partial charge in [-0.15, -0.1) is 10.2 Å². The Morgan fingerprint density at radius 3 is 2.39 bits per heavy atom. The first kappa shape index (κ1) is 10.9. The fraction of sp³-hybridized carbons (Fsp3) is 0.400. The van der Waals surface area contributed by atoms with E-state index in [1.54, 1.807) is 12.2 Å². The van der Waals surface area contributed by atoms with E-state index in [2.05, 4.69) is 15.6 Å². The number of nitrogens with one attached hydrogen (secondary N) is 1. The standard InChI is InChI=1S/C10H10N4O4/c15-9(13-14-3-11-12-4-14)7-5-1-2-6(18-5)8(7)10(16)17/h1-8H,(H,13,15)(H,16,17). The van der Waals surface area contributed by atoms with Crippen molar-refractivity contribution < 1.29 is 19.4 Å². The lowest BCUT2D eigenvalue weighted by atomic mass is 9.82. The molecule has 94 valence electrons. The number of carbonyl (C=O) groups excluding carboxylic acids is 1. The topological polar surface area (TPSA) is 106 Å². The average molecular weight is 250 g/mol. The lowest BCUT2D eigenvalue weighted by Gasteiger charge is -2.20. The van der Waals surface area contributed by atoms with Gasteiger partial charge in [0.25, 0.3) is 0 Å². The van der Waals surface area contributed by atoms with Crippen molar-refractivity contribution in [2.75, 3.05) is 5.43 Å². The number of aliphatic carboxylic acids is 1. The lowest BCUT2D eigenvalue weighted by molar-refractivity contribution is -0.146. The van der Waals surface area contributed by atoms with E-state index < -0.39 is 35.9 Å². The molecule has 2 N–H and O–H groups in total. The van der Waals surface area contributed by atoms with Crippen LogP contribution in [0.2, 0.25) is 0 Å². The molecule has 0 spiro atoms. The number of carbonyl (C=O) groups is 2. The van der Waals surface area contributed by atoms with Gasteiger partial charge in [-0.3, -0.25) is 15.0 Å². The van der Waals surface area contributed by atoms with Crippen LogP contribution in [0.15, 0.2) is 24.8 Å². The van der Waals surface area contributed by atoms with Gasteiger partial charge >= 0.3 is 5.97 Å². The third kappa shape index (κ3) is 1.58. The predicted molar refractivity (Wildman–Crippen MR) is 56.8 cm³/mol. The van der Waals surface area contributed by atoms with Crippen molar-refractivity contribution in [1.82, 2.24) is 14.9 Å². The number of ether oxygens (including phenoxy) is 1. The van der Waals surface area contributed by atoms with Crippen molar-refractivity contribution in [2.45, 2.75) is 12.2 Å². The minimum atomic E-state index is -1.03. The summed E-state index contributed by atoms with van der Waals surface area (Å²) in [6.45, 7) is 0. The SMILES string of the molecule is O=C(O)C1C2C=CC(O2)C1C(=O)Nn1cnnc1. The molecule has 3 heterocycles. The van der Waals surface area contributed by atoms with Crippen LogP contribution in [-0.2, 0) is 14.3 Å². The summed E-state index contributed by atoms with van der Waals surface area (Å²) in [4.78, 5) is 23.2. The Balaban J connectivity index is 1.80. The summed E-state index contributed by atoms with van der Waals surface area (Å²) < 4.78 is 6.68. The van der Waals surface area contributed by atoms with Crippen LogP contribution in [0.25, 0.3) is 0 Å². The Bertz CT molecular complexity index is 512. The van der Waals surface area contributed by atoms with Gasteiger partial charge in [0.1, 0.15) is 18.6 Å². The molecule has 0 aliphatic carbocycles. The largest absolute Gasteiger partial charge is 0.481 e. The fourth-order valence-electron chi connectivity index (χ4n) is 2.38. The molecule has 0 aromatic carbocycles. The third-order valence-electron chi connectivity index (χ3n) is 3.15. The quantitative estimate of drug-likeness (QED) is 0.666. The van der Waals surface area contributed by atoms with Crippen LogP contribution in [0.3, 0.4) is 0 Å². The van der Waals surface area contributed by atoms with E-state index in [-0.39, 0.29) is 0 Å². The Morgan fingerprint density at radius 1 is 1.17 bits per heavy atom. The first-order valence-corrected chi connectivity index (χ1v) is 5.39. The summed E-state index contributed by atoms with van der Waals surface area (Å²) in [5.41, 5.74) is 2.51. The van der Waals surface area contributed by atoms with E-state index in [1.165, 1.54) is 17.3 Å². The van der Waals surface area contributed by atoms with Crippen molar-refractivity contribution in [3.05, 3.63) is 24.8 Å². The van der Waals surface area contributed by atoms with Gasteiger partial charge in [-0.2, -0.15) is 0 Å². The number of carboxylic acids is 1. The Morgan fingerprint density at radius 2 is 1.78 bits per heavy atom. The number of carboxylic acid groups (broad SMARTS) is 1. The Kier molecular flexibility index (Phi) is 2.37. The molecule has 4 atom stereocenters. The zero-order chi connectivity index (χ0) is 12.7. The highest BCUT2D eigenvalue weighted by atomic mass is 16.5. The van der Waals surface area contributed by atoms with Crippen molar-refractivity contribution >= 4 is 11.9 Å². The van der Waals surface area contributed by atoms with E-state index in [1.807, 2.05) is 0 Å². The maximum Gasteiger partial charge on any atom is 0.310 e. The van der Waals surface area contributed by atoms with Crippen LogP contribution in [0.5, 0.6) is 0 Å². The van der Waals surface area contributed by atoms with Gasteiger partial charge < -0.3 is 9.84 Å². The van der Waals surface area contributed by atoms with Crippen LogP contribution >= 0.6 is 0 Å². The summed E-state index contributed by atoms with van der Waals surface area (Å²) in [6, 6.07) is 0. The van der Waals surface area contributed by atoms with Crippen LogP contribution in [-0.4, -0.2) is 44.1 Å². The fourth-order valence-corrected chi connectivity index (χ4v) is 2.38. The van der Waals surface area contributed by atoms with E-state index in [0.29, 0.717) is 0 Å². The maximum absolute atomic E-state index is 12.1. The molecule has 1 saturated heterocycles. The highest BCUT2D eigenvalue weighted by Crippen LogP contribution is 2.39. The van der Waals surface area contributed by atoms with E-state index in [9.17, 15) is 9.59 Å². The molecular weight excluding hydrogens is 240 g/mol. The number of amides is 1. The zero-order valence-electron chi connectivity index (χ0n) is 9.13. The molecule has 0 radical (unpaired) electrons. The Hall–Kier alpha value is -2.22. The summed E-state index contributed by atoms with van der Waals surface area (Å²) in [5.74, 6) is -3.04. The number of fused-ring (bicyclic) bond motifs is 2. The van der Waals surface area contributed by atoms with E-state index >= 15 is 0 Å². The second kappa shape index (κ2) is 3.91. The summed E-state index contributed by atoms with van der Waals surface area (Å²) in [6.07, 6.45) is 5.04. The smallest absolute Gasteiger partial charge is 0.310 e. The summed E-state index contributed by atoms with van der Waals surface area (Å²) in [7, 11) is 0. The maximum atomic E-state index is 12.1. The minimum absolute atomic E-state index is 0.418. The van der Waals surface area contributed by atoms with Gasteiger partial charge in [0.05, 0.1) is 18.1 Å². The van der Waals surface area contributed by atoms with Crippen molar-refractivity contribution in [3.8, 4) is 0 Å². The molecule has 2 aliphatic heterocycles. The first-order valence-electron chi connectivity index (χ1n) is 5.39. The zero-order valence-corrected chi connectivity index (χ0v) is 9.13. The van der Waals surface area contributed by atoms with Crippen molar-refractivity contribution in [2.24, 2.45) is 11.8 Å². The molecular formula is C10H10N4O4. The van der Waals surface area contributed by atoms with Crippen LogP contribution in [0.1, 0.15) is 0 Å². The highest BCUT2D eigenvalue weighted by molar-refractivity contribution is 5.92. The predicted octanol–water partition coefficient (Wildman–Crippen LogP) is -0.998. The molecule has 18 heavy (non-hydrogen) atoms.